The number of esters is 1. The normalized spacial score (nSPS) is 10.2. The van der Waals surface area contributed by atoms with Gasteiger partial charge in [0.1, 0.15) is 0 Å². The van der Waals surface area contributed by atoms with E-state index in [0.717, 1.165) is 6.42 Å². The largest absolute Gasteiger partial charge is 0.466 e. The highest BCUT2D eigenvalue weighted by atomic mass is 16.5. The SMILES string of the molecule is CC(=O)OCCCCCCCCCCC=C(C)C. The van der Waals surface area contributed by atoms with Crippen molar-refractivity contribution in [1.29, 1.82) is 0 Å². The zero-order valence-corrected chi connectivity index (χ0v) is 12.5. The molecule has 0 amide bonds. The van der Waals surface area contributed by atoms with Crippen LogP contribution in [0.1, 0.15) is 78.6 Å². The Hall–Kier alpha value is -0.790. The van der Waals surface area contributed by atoms with Gasteiger partial charge >= 0.3 is 5.97 Å². The summed E-state index contributed by atoms with van der Waals surface area (Å²) >= 11 is 0. The van der Waals surface area contributed by atoms with Crippen LogP contribution in [0.3, 0.4) is 0 Å². The van der Waals surface area contributed by atoms with Crippen LogP contribution >= 0.6 is 0 Å². The van der Waals surface area contributed by atoms with E-state index < -0.39 is 0 Å². The van der Waals surface area contributed by atoms with Gasteiger partial charge in [-0.05, 0) is 33.1 Å². The van der Waals surface area contributed by atoms with Crippen molar-refractivity contribution in [1.82, 2.24) is 0 Å². The van der Waals surface area contributed by atoms with Crippen LogP contribution in [0.25, 0.3) is 0 Å². The highest BCUT2D eigenvalue weighted by Gasteiger charge is 1.94. The fourth-order valence-electron chi connectivity index (χ4n) is 1.91. The molecular weight excluding hydrogens is 224 g/mol. The topological polar surface area (TPSA) is 26.3 Å². The lowest BCUT2D eigenvalue weighted by Gasteiger charge is -2.02. The molecule has 0 saturated heterocycles. The van der Waals surface area contributed by atoms with Gasteiger partial charge < -0.3 is 4.74 Å². The van der Waals surface area contributed by atoms with E-state index in [0.29, 0.717) is 6.61 Å². The molecule has 0 unspecified atom stereocenters. The number of ether oxygens (including phenoxy) is 1. The van der Waals surface area contributed by atoms with Gasteiger partial charge in [0.2, 0.25) is 0 Å². The molecule has 0 aliphatic heterocycles. The van der Waals surface area contributed by atoms with Crippen LogP contribution in [-0.2, 0) is 9.53 Å². The van der Waals surface area contributed by atoms with Crippen LogP contribution in [0.2, 0.25) is 0 Å². The lowest BCUT2D eigenvalue weighted by Crippen LogP contribution is -2.00. The summed E-state index contributed by atoms with van der Waals surface area (Å²) in [6, 6.07) is 0. The molecule has 0 aromatic heterocycles. The Kier molecular flexibility index (Phi) is 12.1. The molecule has 2 nitrogen and oxygen atoms in total. The minimum absolute atomic E-state index is 0.161. The highest BCUT2D eigenvalue weighted by molar-refractivity contribution is 5.65. The number of unbranched alkanes of at least 4 members (excludes halogenated alkanes) is 8. The molecule has 0 N–H and O–H groups in total. The summed E-state index contributed by atoms with van der Waals surface area (Å²) in [7, 11) is 0. The Morgan fingerprint density at radius 1 is 0.833 bits per heavy atom. The van der Waals surface area contributed by atoms with Gasteiger partial charge in [-0.1, -0.05) is 50.2 Å². The third kappa shape index (κ3) is 15.2. The molecular formula is C16H30O2. The molecule has 0 aliphatic rings. The first kappa shape index (κ1) is 17.2. The molecule has 0 saturated carbocycles. The molecule has 0 aromatic carbocycles. The molecule has 18 heavy (non-hydrogen) atoms. The summed E-state index contributed by atoms with van der Waals surface area (Å²) in [5, 5.41) is 0. The van der Waals surface area contributed by atoms with Gasteiger partial charge in [0, 0.05) is 6.92 Å². The number of rotatable bonds is 11. The van der Waals surface area contributed by atoms with E-state index in [9.17, 15) is 4.79 Å². The molecule has 0 fully saturated rings. The molecule has 0 bridgehead atoms. The summed E-state index contributed by atoms with van der Waals surface area (Å²) in [5.74, 6) is -0.161. The maximum atomic E-state index is 10.5. The number of hydrogen-bond donors (Lipinski definition) is 0. The molecule has 0 radical (unpaired) electrons. The van der Waals surface area contributed by atoms with Crippen LogP contribution in [-0.4, -0.2) is 12.6 Å². The Morgan fingerprint density at radius 2 is 1.33 bits per heavy atom. The van der Waals surface area contributed by atoms with E-state index in [-0.39, 0.29) is 5.97 Å². The van der Waals surface area contributed by atoms with Gasteiger partial charge in [0.05, 0.1) is 6.61 Å². The zero-order valence-electron chi connectivity index (χ0n) is 12.5. The molecule has 0 spiro atoms. The van der Waals surface area contributed by atoms with Gasteiger partial charge in [-0.2, -0.15) is 0 Å². The second-order valence-electron chi connectivity index (χ2n) is 5.24. The van der Waals surface area contributed by atoms with E-state index in [4.69, 9.17) is 4.74 Å². The summed E-state index contributed by atoms with van der Waals surface area (Å²) in [4.78, 5) is 10.5. The molecule has 0 rings (SSSR count). The lowest BCUT2D eigenvalue weighted by atomic mass is 10.1. The van der Waals surface area contributed by atoms with Crippen LogP contribution in [0.5, 0.6) is 0 Å². The quantitative estimate of drug-likeness (QED) is 0.294. The molecule has 106 valence electrons. The predicted octanol–water partition coefficient (Wildman–Crippen LogP) is 5.03. The van der Waals surface area contributed by atoms with Crippen molar-refractivity contribution >= 4 is 5.97 Å². The molecule has 0 aromatic rings. The summed E-state index contributed by atoms with van der Waals surface area (Å²) < 4.78 is 4.89. The van der Waals surface area contributed by atoms with E-state index in [1.165, 1.54) is 63.9 Å². The van der Waals surface area contributed by atoms with Crippen LogP contribution in [0.15, 0.2) is 11.6 Å². The van der Waals surface area contributed by atoms with Crippen LogP contribution < -0.4 is 0 Å². The Morgan fingerprint density at radius 3 is 1.83 bits per heavy atom. The van der Waals surface area contributed by atoms with Crippen molar-refractivity contribution in [3.63, 3.8) is 0 Å². The number of carbonyl (C=O) groups excluding carboxylic acids is 1. The molecule has 2 heteroatoms. The average molecular weight is 254 g/mol. The number of allylic oxidation sites excluding steroid dienone is 2. The fourth-order valence-corrected chi connectivity index (χ4v) is 1.91. The first-order valence-electron chi connectivity index (χ1n) is 7.39. The summed E-state index contributed by atoms with van der Waals surface area (Å²) in [6.45, 7) is 6.39. The molecule has 0 atom stereocenters. The minimum atomic E-state index is -0.161. The Balaban J connectivity index is 3.03. The van der Waals surface area contributed by atoms with Crippen molar-refractivity contribution in [2.45, 2.75) is 78.6 Å². The van der Waals surface area contributed by atoms with E-state index >= 15 is 0 Å². The summed E-state index contributed by atoms with van der Waals surface area (Å²) in [6.07, 6.45) is 13.8. The molecule has 0 heterocycles. The first-order valence-corrected chi connectivity index (χ1v) is 7.39. The average Bonchev–Trinajstić information content (AvgIpc) is 2.29. The third-order valence-electron chi connectivity index (χ3n) is 2.96. The molecule has 0 aliphatic carbocycles. The maximum Gasteiger partial charge on any atom is 0.302 e. The van der Waals surface area contributed by atoms with E-state index in [1.54, 1.807) is 0 Å². The van der Waals surface area contributed by atoms with Crippen molar-refractivity contribution < 1.29 is 9.53 Å². The first-order chi connectivity index (χ1) is 8.63. The lowest BCUT2D eigenvalue weighted by molar-refractivity contribution is -0.141. The Labute approximate surface area is 113 Å². The van der Waals surface area contributed by atoms with E-state index in [1.807, 2.05) is 0 Å². The van der Waals surface area contributed by atoms with Crippen LogP contribution in [0, 0.1) is 0 Å². The summed E-state index contributed by atoms with van der Waals surface area (Å²) in [5.41, 5.74) is 1.43. The van der Waals surface area contributed by atoms with Gasteiger partial charge in [0.15, 0.2) is 0 Å². The highest BCUT2D eigenvalue weighted by Crippen LogP contribution is 2.10. The Bertz CT molecular complexity index is 227. The van der Waals surface area contributed by atoms with Crippen molar-refractivity contribution in [2.75, 3.05) is 6.61 Å². The van der Waals surface area contributed by atoms with Crippen molar-refractivity contribution in [2.24, 2.45) is 0 Å². The van der Waals surface area contributed by atoms with Gasteiger partial charge in [-0.15, -0.1) is 0 Å². The van der Waals surface area contributed by atoms with Gasteiger partial charge in [0.25, 0.3) is 0 Å². The second-order valence-corrected chi connectivity index (χ2v) is 5.24. The maximum absolute atomic E-state index is 10.5. The number of hydrogen-bond acceptors (Lipinski definition) is 2. The van der Waals surface area contributed by atoms with E-state index in [2.05, 4.69) is 19.9 Å². The minimum Gasteiger partial charge on any atom is -0.466 e. The number of carbonyl (C=O) groups is 1. The van der Waals surface area contributed by atoms with Gasteiger partial charge in [-0.25, -0.2) is 0 Å². The fraction of sp³-hybridized carbons (Fsp3) is 0.812. The van der Waals surface area contributed by atoms with Crippen molar-refractivity contribution in [3.8, 4) is 0 Å². The van der Waals surface area contributed by atoms with Crippen LogP contribution in [0.4, 0.5) is 0 Å². The zero-order chi connectivity index (χ0) is 13.6. The predicted molar refractivity (Wildman–Crippen MR) is 77.6 cm³/mol. The van der Waals surface area contributed by atoms with Crippen molar-refractivity contribution in [3.05, 3.63) is 11.6 Å². The second kappa shape index (κ2) is 12.7. The monoisotopic (exact) mass is 254 g/mol. The third-order valence-corrected chi connectivity index (χ3v) is 2.96. The smallest absolute Gasteiger partial charge is 0.302 e. The van der Waals surface area contributed by atoms with Gasteiger partial charge in [-0.3, -0.25) is 4.79 Å². The standard InChI is InChI=1S/C16H30O2/c1-15(2)13-11-9-7-5-4-6-8-10-12-14-18-16(3)17/h13H,4-12,14H2,1-3H3.